The largest absolute Gasteiger partial charge is 0.326 e. The van der Waals surface area contributed by atoms with E-state index < -0.39 is 5.82 Å². The van der Waals surface area contributed by atoms with Gasteiger partial charge in [0.1, 0.15) is 6.33 Å². The number of rotatable bonds is 2. The highest BCUT2D eigenvalue weighted by Gasteiger charge is 2.08. The first-order valence-corrected chi connectivity index (χ1v) is 4.14. The van der Waals surface area contributed by atoms with Gasteiger partial charge < -0.3 is 5.73 Å². The molecule has 2 rings (SSSR count). The first-order valence-electron chi connectivity index (χ1n) is 4.14. The molecule has 0 bridgehead atoms. The maximum Gasteiger partial charge on any atom is 0.174 e. The van der Waals surface area contributed by atoms with Gasteiger partial charge in [-0.1, -0.05) is 0 Å². The average Bonchev–Trinajstić information content (AvgIpc) is 2.71. The third kappa shape index (κ3) is 1.38. The zero-order valence-electron chi connectivity index (χ0n) is 7.39. The highest BCUT2D eigenvalue weighted by Crippen LogP contribution is 2.13. The van der Waals surface area contributed by atoms with Crippen LogP contribution in [-0.4, -0.2) is 14.5 Å². The van der Waals surface area contributed by atoms with E-state index in [1.165, 1.54) is 17.1 Å². The first-order chi connectivity index (χ1) is 6.83. The second kappa shape index (κ2) is 3.55. The van der Waals surface area contributed by atoms with E-state index in [0.29, 0.717) is 5.56 Å². The molecule has 4 nitrogen and oxygen atoms in total. The minimum absolute atomic E-state index is 0.163. The van der Waals surface area contributed by atoms with E-state index in [-0.39, 0.29) is 12.4 Å². The van der Waals surface area contributed by atoms with Gasteiger partial charge in [0.25, 0.3) is 0 Å². The molecule has 0 saturated carbocycles. The Hall–Kier alpha value is -1.75. The Morgan fingerprint density at radius 3 is 2.93 bits per heavy atom. The molecule has 5 heteroatoms. The summed E-state index contributed by atoms with van der Waals surface area (Å²) in [5, 5.41) is 0. The molecule has 0 saturated heterocycles. The monoisotopic (exact) mass is 192 g/mol. The summed E-state index contributed by atoms with van der Waals surface area (Å²) in [6.45, 7) is 0.163. The van der Waals surface area contributed by atoms with Crippen molar-refractivity contribution in [2.24, 2.45) is 5.73 Å². The van der Waals surface area contributed by atoms with Crippen molar-refractivity contribution in [1.82, 2.24) is 14.5 Å². The number of halogens is 1. The maximum absolute atomic E-state index is 13.6. The molecule has 2 heterocycles. The Labute approximate surface area is 80.2 Å². The molecule has 72 valence electrons. The minimum atomic E-state index is -0.395. The van der Waals surface area contributed by atoms with Gasteiger partial charge in [0, 0.05) is 30.7 Å². The van der Waals surface area contributed by atoms with Gasteiger partial charge in [0.2, 0.25) is 0 Å². The van der Waals surface area contributed by atoms with Crippen molar-refractivity contribution < 1.29 is 4.39 Å². The lowest BCUT2D eigenvalue weighted by Gasteiger charge is -2.05. The Morgan fingerprint density at radius 1 is 1.43 bits per heavy atom. The molecule has 2 aromatic heterocycles. The van der Waals surface area contributed by atoms with E-state index in [2.05, 4.69) is 9.97 Å². The number of aromatic nitrogens is 3. The van der Waals surface area contributed by atoms with Crippen LogP contribution in [0.5, 0.6) is 0 Å². The SMILES string of the molecule is NCc1ccnc(-n2ccnc2)c1F. The van der Waals surface area contributed by atoms with Gasteiger partial charge in [-0.05, 0) is 6.07 Å². The van der Waals surface area contributed by atoms with Crippen molar-refractivity contribution in [2.75, 3.05) is 0 Å². The molecule has 0 amide bonds. The van der Waals surface area contributed by atoms with E-state index in [1.807, 2.05) is 0 Å². The molecule has 0 aliphatic heterocycles. The van der Waals surface area contributed by atoms with Crippen LogP contribution in [0.3, 0.4) is 0 Å². The van der Waals surface area contributed by atoms with Crippen molar-refractivity contribution in [1.29, 1.82) is 0 Å². The fourth-order valence-corrected chi connectivity index (χ4v) is 1.19. The maximum atomic E-state index is 13.6. The van der Waals surface area contributed by atoms with Crippen molar-refractivity contribution in [3.05, 3.63) is 42.4 Å². The van der Waals surface area contributed by atoms with Crippen LogP contribution < -0.4 is 5.73 Å². The fraction of sp³-hybridized carbons (Fsp3) is 0.111. The van der Waals surface area contributed by atoms with E-state index in [1.54, 1.807) is 18.5 Å². The van der Waals surface area contributed by atoms with Crippen molar-refractivity contribution in [3.63, 3.8) is 0 Å². The second-order valence-electron chi connectivity index (χ2n) is 2.78. The summed E-state index contributed by atoms with van der Waals surface area (Å²) < 4.78 is 15.2. The van der Waals surface area contributed by atoms with Crippen LogP contribution in [0, 0.1) is 5.82 Å². The predicted octanol–water partition coefficient (Wildman–Crippen LogP) is 0.865. The molecule has 0 fully saturated rings. The number of hydrogen-bond donors (Lipinski definition) is 1. The lowest BCUT2D eigenvalue weighted by molar-refractivity contribution is 0.593. The average molecular weight is 192 g/mol. The first kappa shape index (κ1) is 8.83. The minimum Gasteiger partial charge on any atom is -0.326 e. The molecule has 0 unspecified atom stereocenters. The van der Waals surface area contributed by atoms with Crippen LogP contribution in [-0.2, 0) is 6.54 Å². The van der Waals surface area contributed by atoms with Crippen LogP contribution in [0.4, 0.5) is 4.39 Å². The van der Waals surface area contributed by atoms with Gasteiger partial charge in [-0.15, -0.1) is 0 Å². The molecule has 0 radical (unpaired) electrons. The van der Waals surface area contributed by atoms with Gasteiger partial charge in [-0.3, -0.25) is 4.57 Å². The van der Waals surface area contributed by atoms with Crippen LogP contribution in [0.25, 0.3) is 5.82 Å². The number of nitrogens with zero attached hydrogens (tertiary/aromatic N) is 3. The van der Waals surface area contributed by atoms with Crippen LogP contribution in [0.15, 0.2) is 31.0 Å². The van der Waals surface area contributed by atoms with Crippen molar-refractivity contribution in [2.45, 2.75) is 6.54 Å². The van der Waals surface area contributed by atoms with Crippen LogP contribution in [0.2, 0.25) is 0 Å². The Bertz CT molecular complexity index is 424. The van der Waals surface area contributed by atoms with Gasteiger partial charge in [-0.2, -0.15) is 0 Å². The predicted molar refractivity (Wildman–Crippen MR) is 49.2 cm³/mol. The third-order valence-corrected chi connectivity index (χ3v) is 1.92. The molecule has 0 aliphatic carbocycles. The normalized spacial score (nSPS) is 10.4. The molecular weight excluding hydrogens is 183 g/mol. The number of nitrogens with two attached hydrogens (primary N) is 1. The number of hydrogen-bond acceptors (Lipinski definition) is 3. The van der Waals surface area contributed by atoms with Gasteiger partial charge in [0.05, 0.1) is 0 Å². The molecule has 2 N–H and O–H groups in total. The summed E-state index contributed by atoms with van der Waals surface area (Å²) >= 11 is 0. The Morgan fingerprint density at radius 2 is 2.29 bits per heavy atom. The zero-order chi connectivity index (χ0) is 9.97. The Balaban J connectivity index is 2.54. The number of imidazole rings is 1. The summed E-state index contributed by atoms with van der Waals surface area (Å²) in [5.41, 5.74) is 5.83. The van der Waals surface area contributed by atoms with E-state index >= 15 is 0 Å². The quantitative estimate of drug-likeness (QED) is 0.767. The highest BCUT2D eigenvalue weighted by atomic mass is 19.1. The van der Waals surface area contributed by atoms with Crippen molar-refractivity contribution in [3.8, 4) is 5.82 Å². The molecule has 0 atom stereocenters. The van der Waals surface area contributed by atoms with E-state index in [0.717, 1.165) is 0 Å². The summed E-state index contributed by atoms with van der Waals surface area (Å²) in [6.07, 6.45) is 6.22. The van der Waals surface area contributed by atoms with Crippen LogP contribution in [0.1, 0.15) is 5.56 Å². The molecule has 14 heavy (non-hydrogen) atoms. The zero-order valence-corrected chi connectivity index (χ0v) is 7.39. The lowest BCUT2D eigenvalue weighted by Crippen LogP contribution is -2.05. The fourth-order valence-electron chi connectivity index (χ4n) is 1.19. The Kier molecular flexibility index (Phi) is 2.24. The highest BCUT2D eigenvalue weighted by molar-refractivity contribution is 5.30. The second-order valence-corrected chi connectivity index (χ2v) is 2.78. The van der Waals surface area contributed by atoms with E-state index in [9.17, 15) is 4.39 Å². The van der Waals surface area contributed by atoms with E-state index in [4.69, 9.17) is 5.73 Å². The summed E-state index contributed by atoms with van der Waals surface area (Å²) in [4.78, 5) is 7.74. The molecule has 0 aromatic carbocycles. The summed E-state index contributed by atoms with van der Waals surface area (Å²) in [7, 11) is 0. The molecule has 0 aliphatic rings. The van der Waals surface area contributed by atoms with Gasteiger partial charge in [0.15, 0.2) is 11.6 Å². The summed E-state index contributed by atoms with van der Waals surface area (Å²) in [6, 6.07) is 1.57. The smallest absolute Gasteiger partial charge is 0.174 e. The molecule has 0 spiro atoms. The third-order valence-electron chi connectivity index (χ3n) is 1.92. The lowest BCUT2D eigenvalue weighted by atomic mass is 10.2. The van der Waals surface area contributed by atoms with Crippen molar-refractivity contribution >= 4 is 0 Å². The van der Waals surface area contributed by atoms with Gasteiger partial charge >= 0.3 is 0 Å². The molecule has 2 aromatic rings. The molecular formula is C9H9FN4. The number of pyridine rings is 1. The summed E-state index contributed by atoms with van der Waals surface area (Å²) in [5.74, 6) is -0.168. The topological polar surface area (TPSA) is 56.7 Å². The standard InChI is InChI=1S/C9H9FN4/c10-8-7(5-11)1-2-13-9(8)14-4-3-12-6-14/h1-4,6H,5,11H2. The van der Waals surface area contributed by atoms with Crippen LogP contribution >= 0.6 is 0 Å². The van der Waals surface area contributed by atoms with Gasteiger partial charge in [-0.25, -0.2) is 14.4 Å².